The predicted molar refractivity (Wildman–Crippen MR) is 114 cm³/mol. The summed E-state index contributed by atoms with van der Waals surface area (Å²) in [5.74, 6) is 1.93. The summed E-state index contributed by atoms with van der Waals surface area (Å²) >= 11 is 7.75. The van der Waals surface area contributed by atoms with Gasteiger partial charge in [-0.3, -0.25) is 4.99 Å². The number of nitrogens with zero attached hydrogens (tertiary/aromatic N) is 1. The number of hydrogen-bond acceptors (Lipinski definition) is 5. The number of ether oxygens (including phenoxy) is 1. The van der Waals surface area contributed by atoms with Crippen LogP contribution < -0.4 is 10.1 Å². The second-order valence-corrected chi connectivity index (χ2v) is 8.25. The van der Waals surface area contributed by atoms with Crippen molar-refractivity contribution in [2.75, 3.05) is 25.4 Å². The zero-order chi connectivity index (χ0) is 19.1. The number of aliphatic hydroxyl groups excluding tert-OH is 1. The van der Waals surface area contributed by atoms with Crippen LogP contribution in [0.5, 0.6) is 5.75 Å². The summed E-state index contributed by atoms with van der Waals surface area (Å²) in [5, 5.41) is 15.4. The fourth-order valence-electron chi connectivity index (χ4n) is 2.90. The molecule has 2 unspecified atom stereocenters. The van der Waals surface area contributed by atoms with E-state index in [1.807, 2.05) is 24.3 Å². The quantitative estimate of drug-likeness (QED) is 0.660. The third-order valence-corrected chi connectivity index (χ3v) is 5.57. The molecule has 2 N–H and O–H groups in total. The van der Waals surface area contributed by atoms with E-state index in [1.54, 1.807) is 23.9 Å². The monoisotopic (exact) mass is 404 g/mol. The van der Waals surface area contributed by atoms with Gasteiger partial charge in [-0.2, -0.15) is 0 Å². The highest BCUT2D eigenvalue weighted by atomic mass is 35.5. The topological polar surface area (TPSA) is 53.8 Å². The standard InChI is InChI=1S/C21H25ClN2O2S/c1-15(24-13-20(25)17-3-2-4-18(22)12-17)11-16-5-7-19(8-6-16)26-14-21-23-9-10-27-21/h2-8,12,15,20,24-25H,9-11,13-14H2,1H3. The van der Waals surface area contributed by atoms with E-state index < -0.39 is 6.10 Å². The summed E-state index contributed by atoms with van der Waals surface area (Å²) in [5.41, 5.74) is 2.06. The van der Waals surface area contributed by atoms with Crippen LogP contribution in [0.25, 0.3) is 0 Å². The minimum Gasteiger partial charge on any atom is -0.487 e. The maximum atomic E-state index is 10.3. The zero-order valence-electron chi connectivity index (χ0n) is 15.4. The molecule has 0 saturated carbocycles. The second kappa shape index (κ2) is 10.1. The highest BCUT2D eigenvalue weighted by molar-refractivity contribution is 8.14. The van der Waals surface area contributed by atoms with Gasteiger partial charge in [-0.25, -0.2) is 0 Å². The van der Waals surface area contributed by atoms with E-state index in [9.17, 15) is 5.11 Å². The summed E-state index contributed by atoms with van der Waals surface area (Å²) in [7, 11) is 0. The molecule has 0 radical (unpaired) electrons. The van der Waals surface area contributed by atoms with Gasteiger partial charge in [0.2, 0.25) is 0 Å². The smallest absolute Gasteiger partial charge is 0.136 e. The minimum atomic E-state index is -0.571. The molecule has 2 aromatic carbocycles. The molecule has 4 nitrogen and oxygen atoms in total. The number of hydrogen-bond donors (Lipinski definition) is 2. The van der Waals surface area contributed by atoms with Crippen LogP contribution in [0.3, 0.4) is 0 Å². The van der Waals surface area contributed by atoms with Crippen LogP contribution in [0.4, 0.5) is 0 Å². The van der Waals surface area contributed by atoms with Crippen molar-refractivity contribution in [2.45, 2.75) is 25.5 Å². The van der Waals surface area contributed by atoms with Gasteiger partial charge in [-0.15, -0.1) is 11.8 Å². The van der Waals surface area contributed by atoms with Gasteiger partial charge in [-0.1, -0.05) is 35.9 Å². The third kappa shape index (κ3) is 6.54. The molecule has 0 aliphatic carbocycles. The van der Waals surface area contributed by atoms with Gasteiger partial charge in [0.05, 0.1) is 6.10 Å². The Hall–Kier alpha value is -1.53. The van der Waals surface area contributed by atoms with E-state index in [0.29, 0.717) is 18.2 Å². The number of benzene rings is 2. The number of aliphatic hydroxyl groups is 1. The van der Waals surface area contributed by atoms with Gasteiger partial charge in [0.1, 0.15) is 17.4 Å². The molecule has 2 aromatic rings. The predicted octanol–water partition coefficient (Wildman–Crippen LogP) is 4.12. The summed E-state index contributed by atoms with van der Waals surface area (Å²) in [6.45, 7) is 4.07. The van der Waals surface area contributed by atoms with Crippen LogP contribution in [-0.2, 0) is 6.42 Å². The van der Waals surface area contributed by atoms with Gasteiger partial charge in [-0.05, 0) is 48.7 Å². The summed E-state index contributed by atoms with van der Waals surface area (Å²) < 4.78 is 5.78. The van der Waals surface area contributed by atoms with Crippen LogP contribution in [0, 0.1) is 0 Å². The van der Waals surface area contributed by atoms with E-state index in [2.05, 4.69) is 29.4 Å². The third-order valence-electron chi connectivity index (χ3n) is 4.37. The second-order valence-electron chi connectivity index (χ2n) is 6.64. The number of halogens is 1. The van der Waals surface area contributed by atoms with Crippen molar-refractivity contribution in [1.82, 2.24) is 5.32 Å². The molecule has 6 heteroatoms. The van der Waals surface area contributed by atoms with Crippen LogP contribution in [0.2, 0.25) is 5.02 Å². The lowest BCUT2D eigenvalue weighted by Gasteiger charge is -2.18. The molecule has 3 rings (SSSR count). The first-order valence-electron chi connectivity index (χ1n) is 9.15. The lowest BCUT2D eigenvalue weighted by molar-refractivity contribution is 0.170. The normalized spacial score (nSPS) is 16.0. The van der Waals surface area contributed by atoms with Crippen molar-refractivity contribution in [1.29, 1.82) is 0 Å². The highest BCUT2D eigenvalue weighted by Gasteiger charge is 2.11. The average molecular weight is 405 g/mol. The molecule has 0 saturated heterocycles. The zero-order valence-corrected chi connectivity index (χ0v) is 17.0. The SMILES string of the molecule is CC(Cc1ccc(OCC2=NCCS2)cc1)NCC(O)c1cccc(Cl)c1. The number of thioether (sulfide) groups is 1. The van der Waals surface area contributed by atoms with Gasteiger partial charge in [0, 0.05) is 29.9 Å². The molecule has 0 aromatic heterocycles. The van der Waals surface area contributed by atoms with Crippen molar-refractivity contribution >= 4 is 28.4 Å². The Morgan fingerprint density at radius 3 is 2.78 bits per heavy atom. The molecule has 0 amide bonds. The Balaban J connectivity index is 1.42. The molecule has 2 atom stereocenters. The Morgan fingerprint density at radius 2 is 2.07 bits per heavy atom. The van der Waals surface area contributed by atoms with Crippen LogP contribution in [0.15, 0.2) is 53.5 Å². The van der Waals surface area contributed by atoms with Gasteiger partial charge < -0.3 is 15.2 Å². The Morgan fingerprint density at radius 1 is 1.26 bits per heavy atom. The first-order chi connectivity index (χ1) is 13.1. The Bertz CT molecular complexity index is 767. The summed E-state index contributed by atoms with van der Waals surface area (Å²) in [4.78, 5) is 4.39. The van der Waals surface area contributed by atoms with E-state index in [4.69, 9.17) is 16.3 Å². The maximum absolute atomic E-state index is 10.3. The molecule has 0 bridgehead atoms. The molecule has 144 valence electrons. The molecular formula is C21H25ClN2O2S. The first kappa shape index (κ1) is 20.2. The number of aliphatic imine (C=N–C) groups is 1. The van der Waals surface area contributed by atoms with E-state index in [1.165, 1.54) is 5.56 Å². The van der Waals surface area contributed by atoms with Crippen LogP contribution in [0.1, 0.15) is 24.2 Å². The fourth-order valence-corrected chi connectivity index (χ4v) is 3.85. The number of rotatable bonds is 9. The molecule has 1 aliphatic rings. The maximum Gasteiger partial charge on any atom is 0.136 e. The van der Waals surface area contributed by atoms with Gasteiger partial charge in [0.15, 0.2) is 0 Å². The molecule has 0 spiro atoms. The lowest BCUT2D eigenvalue weighted by atomic mass is 10.1. The van der Waals surface area contributed by atoms with Crippen molar-refractivity contribution < 1.29 is 9.84 Å². The average Bonchev–Trinajstić information content (AvgIpc) is 3.19. The molecular weight excluding hydrogens is 380 g/mol. The molecule has 0 fully saturated rings. The summed E-state index contributed by atoms with van der Waals surface area (Å²) in [6, 6.07) is 15.8. The van der Waals surface area contributed by atoms with Crippen molar-refractivity contribution in [2.24, 2.45) is 4.99 Å². The van der Waals surface area contributed by atoms with Crippen molar-refractivity contribution in [3.63, 3.8) is 0 Å². The molecule has 1 aliphatic heterocycles. The fraction of sp³-hybridized carbons (Fsp3) is 0.381. The minimum absolute atomic E-state index is 0.245. The van der Waals surface area contributed by atoms with Gasteiger partial charge in [0.25, 0.3) is 0 Å². The highest BCUT2D eigenvalue weighted by Crippen LogP contribution is 2.18. The van der Waals surface area contributed by atoms with Crippen LogP contribution >= 0.6 is 23.4 Å². The van der Waals surface area contributed by atoms with Crippen molar-refractivity contribution in [3.05, 3.63) is 64.7 Å². The Kier molecular flexibility index (Phi) is 7.59. The van der Waals surface area contributed by atoms with Crippen LogP contribution in [-0.4, -0.2) is 41.6 Å². The van der Waals surface area contributed by atoms with Crippen molar-refractivity contribution in [3.8, 4) is 5.75 Å². The molecule has 27 heavy (non-hydrogen) atoms. The Labute approximate surface area is 170 Å². The number of nitrogens with one attached hydrogen (secondary N) is 1. The summed E-state index contributed by atoms with van der Waals surface area (Å²) in [6.07, 6.45) is 0.309. The largest absolute Gasteiger partial charge is 0.487 e. The lowest BCUT2D eigenvalue weighted by Crippen LogP contribution is -2.32. The first-order valence-corrected chi connectivity index (χ1v) is 10.5. The van der Waals surface area contributed by atoms with E-state index in [-0.39, 0.29) is 6.04 Å². The van der Waals surface area contributed by atoms with E-state index >= 15 is 0 Å². The molecule has 1 heterocycles. The van der Waals surface area contributed by atoms with E-state index in [0.717, 1.165) is 35.1 Å². The van der Waals surface area contributed by atoms with Gasteiger partial charge >= 0.3 is 0 Å².